The van der Waals surface area contributed by atoms with Crippen LogP contribution in [0.15, 0.2) is 0 Å². The molecule has 0 radical (unpaired) electrons. The van der Waals surface area contributed by atoms with Gasteiger partial charge in [0.2, 0.25) is 11.8 Å². The van der Waals surface area contributed by atoms with E-state index in [0.717, 1.165) is 13.8 Å². The lowest BCUT2D eigenvalue weighted by atomic mass is 9.94. The Morgan fingerprint density at radius 2 is 0.683 bits per heavy atom. The van der Waals surface area contributed by atoms with Crippen molar-refractivity contribution in [3.8, 4) is 0 Å². The van der Waals surface area contributed by atoms with Crippen LogP contribution >= 0.6 is 0 Å². The summed E-state index contributed by atoms with van der Waals surface area (Å²) < 4.78 is 75.3. The Morgan fingerprint density at radius 3 is 1.09 bits per heavy atom. The number of hydrogen-bond acceptors (Lipinski definition) is 34. The maximum absolute atomic E-state index is 12.7. The molecule has 21 N–H and O–H groups in total. The number of rotatable bonds is 19. The largest absolute Gasteiger partial charge is 0.394 e. The van der Waals surface area contributed by atoms with Crippen LogP contribution in [0.3, 0.4) is 0 Å². The second-order valence-corrected chi connectivity index (χ2v) is 21.0. The molecule has 36 nitrogen and oxygen atoms in total. The van der Waals surface area contributed by atoms with Gasteiger partial charge in [-0.15, -0.1) is 0 Å². The summed E-state index contributed by atoms with van der Waals surface area (Å²) in [6.07, 6.45) is -61.9. The van der Waals surface area contributed by atoms with Gasteiger partial charge < -0.3 is 169 Å². The number of carbonyl (C=O) groups excluding carboxylic acids is 2. The molecule has 0 aromatic rings. The average Bonchev–Trinajstić information content (AvgIpc) is 2.87. The molecule has 0 spiro atoms. The van der Waals surface area contributed by atoms with Crippen LogP contribution in [-0.2, 0) is 71.2 Å². The van der Waals surface area contributed by atoms with Gasteiger partial charge in [0.05, 0.1) is 45.2 Å². The molecule has 7 saturated heterocycles. The topological polar surface area (TPSA) is 563 Å². The Bertz CT molecular complexity index is 2030. The second-order valence-electron chi connectivity index (χ2n) is 21.0. The van der Waals surface area contributed by atoms with Gasteiger partial charge in [0, 0.05) is 13.8 Å². The van der Waals surface area contributed by atoms with Gasteiger partial charge in [-0.25, -0.2) is 0 Å². The zero-order valence-electron chi connectivity index (χ0n) is 44.4. The highest BCUT2D eigenvalue weighted by Gasteiger charge is 2.58. The molecule has 0 aromatic heterocycles. The van der Waals surface area contributed by atoms with Gasteiger partial charge >= 0.3 is 0 Å². The zero-order chi connectivity index (χ0) is 60.5. The third kappa shape index (κ3) is 14.3. The number of ether oxygens (including phenoxy) is 13. The van der Waals surface area contributed by atoms with Gasteiger partial charge in [-0.3, -0.25) is 9.59 Å². The minimum Gasteiger partial charge on any atom is -0.394 e. The molecule has 7 fully saturated rings. The lowest BCUT2D eigenvalue weighted by molar-refractivity contribution is -0.390. The highest BCUT2D eigenvalue weighted by molar-refractivity contribution is 5.73. The van der Waals surface area contributed by atoms with Gasteiger partial charge in [0.15, 0.2) is 44.0 Å². The SMILES string of the molecule is CC(=O)N[C@H]1[C@H](O[C@@H]2[C@@H](OC[C@H]3OC(O)[C@@H](O)[C@@H](O[C@H]4O[C@H](CO)[C@@H](O)[C@H](O)[C@@H]4O[C@@H]4O[C@H](CO)[C@@H](O)[C@H](O[C@@H]5O[C@@H](C)[C@@H](O)[C@@H](O)[C@@H]5O)[C@H]4NC(C)=O)[C@@H]3O)O[C@H](CO)[C@@H](O)[C@@H]2O)O[C@H](CO)[C@@H](O)[C@@H]1O[C@@H]1O[C@@H](C)[C@@H](O)[C@@H](O)[C@@H]1O. The van der Waals surface area contributed by atoms with E-state index in [9.17, 15) is 107 Å². The first-order valence-electron chi connectivity index (χ1n) is 26.3. The standard InChI is InChI=1S/C46H78N2O34/c1-10-21(55)28(62)32(66)43(71-10)78-35-19(47-12(3)53)41(74-16(7-51)25(35)59)81-38-30(64)23(57)14(5-49)76-45(38)70-9-18-27(61)37(34(68)40(69)73-18)80-46-39(31(65)24(58)15(6-50)77-46)82-42-20(48-13(4)54)36(26(60)17(8-52)75-42)79-44-33(67)29(63)22(56)11(2)72-44/h10-11,14-46,49-52,55-69H,5-9H2,1-4H3,(H,47,53)(H,48,54)/t10-,11-,14+,15+,16+,17+,18+,19+,20+,21+,22+,23+,24+,25+,26+,27+,28+,29+,30-,31-,32-,33-,34-,35+,36+,37-,38-,39-,40?,41-,42-,43-,44-,45-,46+/m0/s1. The van der Waals surface area contributed by atoms with Crippen molar-refractivity contribution < 1.29 is 168 Å². The van der Waals surface area contributed by atoms with Gasteiger partial charge in [-0.2, -0.15) is 0 Å². The van der Waals surface area contributed by atoms with Crippen molar-refractivity contribution in [2.75, 3.05) is 33.0 Å². The summed E-state index contributed by atoms with van der Waals surface area (Å²) in [5.74, 6) is -1.66. The summed E-state index contributed by atoms with van der Waals surface area (Å²) in [6.45, 7) is -0.233. The molecule has 7 heterocycles. The van der Waals surface area contributed by atoms with Crippen molar-refractivity contribution in [3.63, 3.8) is 0 Å². The van der Waals surface area contributed by atoms with Crippen LogP contribution in [0, 0.1) is 0 Å². The molecule has 2 amide bonds. The molecule has 0 aromatic carbocycles. The van der Waals surface area contributed by atoms with Gasteiger partial charge in [-0.1, -0.05) is 0 Å². The quantitative estimate of drug-likeness (QED) is 0.0571. The molecule has 0 aliphatic carbocycles. The Balaban J connectivity index is 1.12. The van der Waals surface area contributed by atoms with Crippen LogP contribution in [0.25, 0.3) is 0 Å². The van der Waals surface area contributed by atoms with E-state index >= 15 is 0 Å². The van der Waals surface area contributed by atoms with Crippen LogP contribution in [0.2, 0.25) is 0 Å². The smallest absolute Gasteiger partial charge is 0.217 e. The van der Waals surface area contributed by atoms with Crippen molar-refractivity contribution in [1.82, 2.24) is 10.6 Å². The summed E-state index contributed by atoms with van der Waals surface area (Å²) >= 11 is 0. The first kappa shape index (κ1) is 67.2. The van der Waals surface area contributed by atoms with Gasteiger partial charge in [0.1, 0.15) is 159 Å². The van der Waals surface area contributed by atoms with E-state index in [1.807, 2.05) is 0 Å². The highest BCUT2D eigenvalue weighted by atomic mass is 16.8. The molecular formula is C46H78N2O34. The van der Waals surface area contributed by atoms with Gasteiger partial charge in [0.25, 0.3) is 0 Å². The molecule has 7 rings (SSSR count). The summed E-state index contributed by atoms with van der Waals surface area (Å²) in [7, 11) is 0. The van der Waals surface area contributed by atoms with E-state index in [2.05, 4.69) is 10.6 Å². The second kappa shape index (κ2) is 28.7. The Labute approximate surface area is 465 Å². The summed E-state index contributed by atoms with van der Waals surface area (Å²) in [5, 5.41) is 211. The number of nitrogens with one attached hydrogen (secondary N) is 2. The van der Waals surface area contributed by atoms with Crippen LogP contribution in [0.4, 0.5) is 0 Å². The summed E-state index contributed by atoms with van der Waals surface area (Å²) in [5.41, 5.74) is 0. The first-order chi connectivity index (χ1) is 38.7. The maximum atomic E-state index is 12.7. The molecule has 476 valence electrons. The Kier molecular flexibility index (Phi) is 23.5. The summed E-state index contributed by atoms with van der Waals surface area (Å²) in [4.78, 5) is 25.3. The lowest BCUT2D eigenvalue weighted by Gasteiger charge is -2.50. The molecule has 36 heteroatoms. The first-order valence-corrected chi connectivity index (χ1v) is 26.3. The van der Waals surface area contributed by atoms with Crippen LogP contribution in [-0.4, -0.2) is 357 Å². The molecule has 0 saturated carbocycles. The molecule has 1 unspecified atom stereocenters. The van der Waals surface area contributed by atoms with Crippen LogP contribution in [0.5, 0.6) is 0 Å². The Morgan fingerprint density at radius 1 is 0.341 bits per heavy atom. The van der Waals surface area contributed by atoms with Crippen molar-refractivity contribution >= 4 is 11.8 Å². The van der Waals surface area contributed by atoms with Crippen molar-refractivity contribution in [1.29, 1.82) is 0 Å². The van der Waals surface area contributed by atoms with E-state index in [1.54, 1.807) is 0 Å². The highest BCUT2D eigenvalue weighted by Crippen LogP contribution is 2.37. The predicted octanol–water partition coefficient (Wildman–Crippen LogP) is -13.9. The van der Waals surface area contributed by atoms with Crippen molar-refractivity contribution in [3.05, 3.63) is 0 Å². The fourth-order valence-corrected chi connectivity index (χ4v) is 10.5. The molecule has 0 bridgehead atoms. The predicted molar refractivity (Wildman–Crippen MR) is 252 cm³/mol. The normalized spacial score (nSPS) is 51.3. The summed E-state index contributed by atoms with van der Waals surface area (Å²) in [6, 6.07) is -3.42. The fraction of sp³-hybridized carbons (Fsp3) is 0.957. The Hall–Kier alpha value is -2.34. The number of aliphatic hydroxyl groups excluding tert-OH is 19. The minimum atomic E-state index is -2.30. The molecule has 7 aliphatic rings. The van der Waals surface area contributed by atoms with Gasteiger partial charge in [-0.05, 0) is 13.8 Å². The molecule has 7 aliphatic heterocycles. The number of amides is 2. The molecule has 82 heavy (non-hydrogen) atoms. The number of aliphatic hydroxyl groups is 19. The zero-order valence-corrected chi connectivity index (χ0v) is 44.4. The maximum Gasteiger partial charge on any atom is 0.217 e. The number of carbonyl (C=O) groups is 2. The van der Waals surface area contributed by atoms with Crippen molar-refractivity contribution in [2.24, 2.45) is 0 Å². The van der Waals surface area contributed by atoms with Crippen molar-refractivity contribution in [2.45, 2.75) is 243 Å². The van der Waals surface area contributed by atoms with E-state index in [0.29, 0.717) is 0 Å². The van der Waals surface area contributed by atoms with E-state index in [-0.39, 0.29) is 0 Å². The van der Waals surface area contributed by atoms with Crippen LogP contribution < -0.4 is 10.6 Å². The molecule has 35 atom stereocenters. The minimum absolute atomic E-state index is 0.820. The fourth-order valence-electron chi connectivity index (χ4n) is 10.5. The van der Waals surface area contributed by atoms with E-state index in [4.69, 9.17) is 61.6 Å². The number of hydrogen-bond donors (Lipinski definition) is 21. The van der Waals surface area contributed by atoms with E-state index in [1.165, 1.54) is 13.8 Å². The monoisotopic (exact) mass is 1200 g/mol. The lowest BCUT2D eigenvalue weighted by Crippen LogP contribution is -2.70. The third-order valence-electron chi connectivity index (χ3n) is 15.3. The van der Waals surface area contributed by atoms with Crippen LogP contribution in [0.1, 0.15) is 27.7 Å². The third-order valence-corrected chi connectivity index (χ3v) is 15.3. The average molecular weight is 1200 g/mol. The molecular weight excluding hydrogens is 1120 g/mol. The van der Waals surface area contributed by atoms with E-state index < -0.39 is 260 Å².